The van der Waals surface area contributed by atoms with E-state index in [1.54, 1.807) is 18.9 Å². The van der Waals surface area contributed by atoms with Gasteiger partial charge in [0.2, 0.25) is 0 Å². The number of benzene rings is 1. The lowest BCUT2D eigenvalue weighted by Crippen LogP contribution is -3.09. The van der Waals surface area contributed by atoms with E-state index in [4.69, 9.17) is 26.1 Å². The summed E-state index contributed by atoms with van der Waals surface area (Å²) in [5.41, 5.74) is 0.759. The average Bonchev–Trinajstić information content (AvgIpc) is 3.43. The Morgan fingerprint density at radius 1 is 1.33 bits per heavy atom. The lowest BCUT2D eigenvalue weighted by atomic mass is 10.2. The van der Waals surface area contributed by atoms with E-state index < -0.39 is 0 Å². The van der Waals surface area contributed by atoms with Gasteiger partial charge in [0.15, 0.2) is 6.67 Å². The highest BCUT2D eigenvalue weighted by atomic mass is 32.1. The Morgan fingerprint density at radius 2 is 2.22 bits per heavy atom. The van der Waals surface area contributed by atoms with Crippen molar-refractivity contribution in [3.8, 4) is 23.0 Å². The standard InChI is InChI=1S/C19H21N3O3S2/c1-23-13-7-8-14(16(11-13)24-2)18-20-22(19(26)25-18)12-21-9-3-5-15(21)17-6-4-10-27-17/h4,6-8,10-11,15H,3,5,9,12H2,1-2H3/p+1/t15-/m0/s1. The molecule has 2 atom stereocenters. The molecule has 1 N–H and O–H groups in total. The zero-order valence-corrected chi connectivity index (χ0v) is 16.9. The fourth-order valence-electron chi connectivity index (χ4n) is 3.62. The summed E-state index contributed by atoms with van der Waals surface area (Å²) in [6, 6.07) is 10.4. The van der Waals surface area contributed by atoms with E-state index >= 15 is 0 Å². The second-order valence-corrected chi connectivity index (χ2v) is 7.84. The summed E-state index contributed by atoms with van der Waals surface area (Å²) in [7, 11) is 3.24. The Morgan fingerprint density at radius 3 is 2.96 bits per heavy atom. The van der Waals surface area contributed by atoms with Crippen LogP contribution in [0.3, 0.4) is 0 Å². The van der Waals surface area contributed by atoms with Crippen molar-refractivity contribution in [3.05, 3.63) is 45.4 Å². The third kappa shape index (κ3) is 3.65. The van der Waals surface area contributed by atoms with Crippen LogP contribution >= 0.6 is 23.6 Å². The van der Waals surface area contributed by atoms with Crippen LogP contribution in [0, 0.1) is 4.84 Å². The molecule has 1 aromatic carbocycles. The molecule has 1 aliphatic heterocycles. The molecule has 27 heavy (non-hydrogen) atoms. The first-order chi connectivity index (χ1) is 13.2. The topological polar surface area (TPSA) is 53.9 Å². The minimum Gasteiger partial charge on any atom is -0.497 e. The van der Waals surface area contributed by atoms with E-state index in [9.17, 15) is 0 Å². The van der Waals surface area contributed by atoms with E-state index in [1.165, 1.54) is 22.6 Å². The Kier molecular flexibility index (Phi) is 5.29. The number of aromatic nitrogens is 2. The molecule has 2 aromatic heterocycles. The molecule has 3 heterocycles. The van der Waals surface area contributed by atoms with Crippen LogP contribution in [0.25, 0.3) is 11.5 Å². The average molecular weight is 405 g/mol. The lowest BCUT2D eigenvalue weighted by molar-refractivity contribution is -0.941. The van der Waals surface area contributed by atoms with E-state index in [0.717, 1.165) is 12.1 Å². The fraction of sp³-hybridized carbons (Fsp3) is 0.368. The predicted octanol–water partition coefficient (Wildman–Crippen LogP) is 3.33. The first-order valence-electron chi connectivity index (χ1n) is 8.88. The van der Waals surface area contributed by atoms with Crippen LogP contribution in [0.5, 0.6) is 11.5 Å². The van der Waals surface area contributed by atoms with Crippen LogP contribution in [0.15, 0.2) is 40.1 Å². The minimum absolute atomic E-state index is 0.382. The maximum Gasteiger partial charge on any atom is 0.292 e. The van der Waals surface area contributed by atoms with E-state index in [0.29, 0.717) is 34.9 Å². The molecule has 3 aromatic rings. The van der Waals surface area contributed by atoms with E-state index in [-0.39, 0.29) is 0 Å². The Hall–Kier alpha value is -2.16. The second kappa shape index (κ2) is 7.84. The highest BCUT2D eigenvalue weighted by Crippen LogP contribution is 2.32. The number of rotatable bonds is 6. The molecule has 1 fully saturated rings. The first kappa shape index (κ1) is 18.2. The summed E-state index contributed by atoms with van der Waals surface area (Å²) in [6.45, 7) is 1.81. The van der Waals surface area contributed by atoms with Crippen LogP contribution in [0.1, 0.15) is 23.8 Å². The van der Waals surface area contributed by atoms with Gasteiger partial charge in [-0.15, -0.1) is 16.4 Å². The summed E-state index contributed by atoms with van der Waals surface area (Å²) in [5.74, 6) is 1.82. The second-order valence-electron chi connectivity index (χ2n) is 6.52. The minimum atomic E-state index is 0.382. The molecule has 0 radical (unpaired) electrons. The molecule has 0 bridgehead atoms. The molecule has 142 valence electrons. The summed E-state index contributed by atoms with van der Waals surface area (Å²) in [4.78, 5) is 3.27. The maximum atomic E-state index is 5.79. The molecule has 8 heteroatoms. The number of likely N-dealkylation sites (tertiary alicyclic amines) is 1. The van der Waals surface area contributed by atoms with Crippen molar-refractivity contribution in [1.29, 1.82) is 0 Å². The number of hydrogen-bond acceptors (Lipinski definition) is 6. The van der Waals surface area contributed by atoms with Gasteiger partial charge in [-0.1, -0.05) is 6.07 Å². The van der Waals surface area contributed by atoms with Crippen molar-refractivity contribution in [2.75, 3.05) is 20.8 Å². The van der Waals surface area contributed by atoms with Crippen molar-refractivity contribution in [2.45, 2.75) is 25.6 Å². The summed E-state index contributed by atoms with van der Waals surface area (Å²) >= 11 is 7.25. The van der Waals surface area contributed by atoms with Crippen molar-refractivity contribution >= 4 is 23.6 Å². The van der Waals surface area contributed by atoms with Crippen molar-refractivity contribution in [1.82, 2.24) is 9.78 Å². The number of nitrogens with one attached hydrogen (secondary N) is 1. The smallest absolute Gasteiger partial charge is 0.292 e. The number of hydrogen-bond donors (Lipinski definition) is 1. The van der Waals surface area contributed by atoms with E-state index in [2.05, 4.69) is 22.6 Å². The van der Waals surface area contributed by atoms with Gasteiger partial charge < -0.3 is 18.8 Å². The highest BCUT2D eigenvalue weighted by molar-refractivity contribution is 7.71. The van der Waals surface area contributed by atoms with Gasteiger partial charge in [0.1, 0.15) is 17.5 Å². The quantitative estimate of drug-likeness (QED) is 0.639. The summed E-state index contributed by atoms with van der Waals surface area (Å²) in [5, 5.41) is 6.77. The van der Waals surface area contributed by atoms with Gasteiger partial charge >= 0.3 is 0 Å². The van der Waals surface area contributed by atoms with Crippen LogP contribution in [0.4, 0.5) is 0 Å². The Balaban J connectivity index is 1.60. The van der Waals surface area contributed by atoms with Gasteiger partial charge in [0, 0.05) is 18.9 Å². The SMILES string of the molecule is COc1ccc(-c2nn(C[NH+]3CCC[C@H]3c3cccs3)c(=S)o2)c(OC)c1. The monoisotopic (exact) mass is 404 g/mol. The van der Waals surface area contributed by atoms with Gasteiger partial charge in [0.25, 0.3) is 10.7 Å². The molecule has 1 unspecified atom stereocenters. The largest absolute Gasteiger partial charge is 0.497 e. The molecule has 1 saturated heterocycles. The fourth-order valence-corrected chi connectivity index (χ4v) is 4.72. The number of thiophene rings is 1. The summed E-state index contributed by atoms with van der Waals surface area (Å²) in [6.07, 6.45) is 2.41. The van der Waals surface area contributed by atoms with Crippen molar-refractivity contribution < 1.29 is 18.8 Å². The summed E-state index contributed by atoms with van der Waals surface area (Å²) < 4.78 is 18.3. The molecule has 0 spiro atoms. The molecular formula is C19H22N3O3S2+. The molecular weight excluding hydrogens is 382 g/mol. The van der Waals surface area contributed by atoms with Crippen LogP contribution in [-0.4, -0.2) is 30.5 Å². The van der Waals surface area contributed by atoms with Gasteiger partial charge in [0.05, 0.1) is 31.2 Å². The normalized spacial score (nSPS) is 19.3. The molecule has 1 aliphatic rings. The van der Waals surface area contributed by atoms with Crippen LogP contribution in [-0.2, 0) is 6.67 Å². The third-order valence-corrected chi connectivity index (χ3v) is 6.25. The van der Waals surface area contributed by atoms with Gasteiger partial charge in [-0.3, -0.25) is 0 Å². The van der Waals surface area contributed by atoms with Crippen LogP contribution < -0.4 is 14.4 Å². The molecule has 0 amide bonds. The molecule has 0 aliphatic carbocycles. The molecule has 4 rings (SSSR count). The van der Waals surface area contributed by atoms with E-state index in [1.807, 2.05) is 29.5 Å². The number of quaternary nitrogens is 1. The Bertz CT molecular complexity index is 965. The molecule has 0 saturated carbocycles. The van der Waals surface area contributed by atoms with Crippen LogP contribution in [0.2, 0.25) is 0 Å². The number of nitrogens with zero attached hydrogens (tertiary/aromatic N) is 2. The molecule has 6 nitrogen and oxygen atoms in total. The van der Waals surface area contributed by atoms with Gasteiger partial charge in [-0.25, -0.2) is 0 Å². The zero-order chi connectivity index (χ0) is 18.8. The lowest BCUT2D eigenvalue weighted by Gasteiger charge is -2.19. The van der Waals surface area contributed by atoms with Crippen molar-refractivity contribution in [3.63, 3.8) is 0 Å². The predicted molar refractivity (Wildman–Crippen MR) is 106 cm³/mol. The zero-order valence-electron chi connectivity index (χ0n) is 15.3. The van der Waals surface area contributed by atoms with Gasteiger partial charge in [-0.05, 0) is 35.8 Å². The maximum absolute atomic E-state index is 5.79. The first-order valence-corrected chi connectivity index (χ1v) is 10.2. The number of ether oxygens (including phenoxy) is 2. The highest BCUT2D eigenvalue weighted by Gasteiger charge is 2.31. The van der Waals surface area contributed by atoms with Crippen molar-refractivity contribution in [2.24, 2.45) is 0 Å². The number of methoxy groups -OCH3 is 2. The van der Waals surface area contributed by atoms with Gasteiger partial charge in [-0.2, -0.15) is 4.68 Å². The Labute approximate surface area is 166 Å². The third-order valence-electron chi connectivity index (χ3n) is 4.97.